The fourth-order valence-corrected chi connectivity index (χ4v) is 6.66. The van der Waals surface area contributed by atoms with Crippen LogP contribution < -0.4 is 25.2 Å². The minimum atomic E-state index is -0.353. The van der Waals surface area contributed by atoms with E-state index in [1.165, 1.54) is 12.8 Å². The molecule has 4 aliphatic rings. The zero-order valence-corrected chi connectivity index (χ0v) is 23.5. The van der Waals surface area contributed by atoms with Gasteiger partial charge in [0.1, 0.15) is 11.4 Å². The number of amides is 2. The molecule has 3 saturated carbocycles. The second kappa shape index (κ2) is 10.9. The Balaban J connectivity index is 1.22. The molecule has 0 saturated heterocycles. The molecule has 10 nitrogen and oxygen atoms in total. The number of ether oxygens (including phenoxy) is 1. The summed E-state index contributed by atoms with van der Waals surface area (Å²) in [6, 6.07) is 5.61. The smallest absolute Gasteiger partial charge is 0.251 e. The van der Waals surface area contributed by atoms with Crippen molar-refractivity contribution in [2.45, 2.75) is 76.4 Å². The van der Waals surface area contributed by atoms with Crippen LogP contribution in [0.4, 0.5) is 23.1 Å². The van der Waals surface area contributed by atoms with Crippen LogP contribution in [0.1, 0.15) is 74.6 Å². The Morgan fingerprint density at radius 2 is 1.90 bits per heavy atom. The lowest BCUT2D eigenvalue weighted by Crippen LogP contribution is -2.41. The third-order valence-corrected chi connectivity index (χ3v) is 9.34. The topological polar surface area (TPSA) is 120 Å². The van der Waals surface area contributed by atoms with Crippen LogP contribution in [-0.4, -0.2) is 66.3 Å². The number of benzene rings is 1. The second-order valence-corrected chi connectivity index (χ2v) is 12.0. The second-order valence-electron chi connectivity index (χ2n) is 12.0. The first-order valence-electron chi connectivity index (χ1n) is 14.7. The molecule has 10 heteroatoms. The molecular formula is C30H40N6O4. The molecule has 3 fully saturated rings. The average Bonchev–Trinajstić information content (AvgIpc) is 3.58. The number of nitrogens with one attached hydrogen (secondary N) is 2. The van der Waals surface area contributed by atoms with E-state index in [2.05, 4.69) is 20.5 Å². The van der Waals surface area contributed by atoms with Gasteiger partial charge in [0.25, 0.3) is 5.91 Å². The van der Waals surface area contributed by atoms with Crippen LogP contribution in [0, 0.1) is 11.3 Å². The maximum absolute atomic E-state index is 13.3. The minimum Gasteiger partial charge on any atom is -0.495 e. The van der Waals surface area contributed by atoms with Crippen LogP contribution in [0.2, 0.25) is 0 Å². The van der Waals surface area contributed by atoms with Crippen LogP contribution in [0.3, 0.4) is 0 Å². The van der Waals surface area contributed by atoms with E-state index in [1.807, 2.05) is 7.05 Å². The number of aromatic nitrogens is 2. The van der Waals surface area contributed by atoms with E-state index >= 15 is 0 Å². The maximum Gasteiger partial charge on any atom is 0.251 e. The third-order valence-electron chi connectivity index (χ3n) is 9.34. The lowest BCUT2D eigenvalue weighted by Gasteiger charge is -2.31. The average molecular weight is 549 g/mol. The molecule has 2 amide bonds. The van der Waals surface area contributed by atoms with E-state index in [0.717, 1.165) is 62.9 Å². The lowest BCUT2D eigenvalue weighted by atomic mass is 9.86. The number of hydrogen-bond donors (Lipinski definition) is 3. The van der Waals surface area contributed by atoms with Crippen LogP contribution in [-0.2, 0) is 4.79 Å². The Kier molecular flexibility index (Phi) is 7.29. The van der Waals surface area contributed by atoms with Gasteiger partial charge in [-0.15, -0.1) is 0 Å². The van der Waals surface area contributed by atoms with Crippen molar-refractivity contribution < 1.29 is 19.4 Å². The zero-order valence-electron chi connectivity index (χ0n) is 23.5. The van der Waals surface area contributed by atoms with Crippen LogP contribution in [0.25, 0.3) is 0 Å². The molecule has 1 aliphatic heterocycles. The van der Waals surface area contributed by atoms with E-state index in [4.69, 9.17) is 9.72 Å². The number of methoxy groups -OCH3 is 1. The van der Waals surface area contributed by atoms with Crippen molar-refractivity contribution in [2.75, 3.05) is 42.4 Å². The van der Waals surface area contributed by atoms with E-state index in [-0.39, 0.29) is 29.3 Å². The van der Waals surface area contributed by atoms with Gasteiger partial charge in [0, 0.05) is 37.7 Å². The first kappa shape index (κ1) is 26.8. The number of aliphatic hydroxyl groups is 1. The third kappa shape index (κ3) is 5.09. The maximum atomic E-state index is 13.3. The van der Waals surface area contributed by atoms with Gasteiger partial charge < -0.3 is 30.3 Å². The number of nitrogens with zero attached hydrogens (tertiary/aromatic N) is 4. The number of rotatable bonds is 7. The predicted octanol–water partition coefficient (Wildman–Crippen LogP) is 4.02. The van der Waals surface area contributed by atoms with Gasteiger partial charge in [-0.25, -0.2) is 4.98 Å². The van der Waals surface area contributed by atoms with Crippen molar-refractivity contribution >= 4 is 35.0 Å². The molecule has 1 aromatic heterocycles. The standard InChI is InChI=1S/C30H40N6O4/c1-35-23-17-32-29(34-26(23)36(21-8-4-5-9-21)18-30(13-14-30)28(35)39)33-22-12-11-19(15-25(22)40-2)27(38)31-16-20-7-3-6-10-24(20)37/h11-12,15,17,20-21,24,37H,3-10,13-14,16,18H2,1-2H3,(H,31,38)(H,32,33,34)/t20-,24-/m0/s1. The number of fused-ring (bicyclic) bond motifs is 1. The number of anilines is 4. The lowest BCUT2D eigenvalue weighted by molar-refractivity contribution is -0.122. The summed E-state index contributed by atoms with van der Waals surface area (Å²) in [5.74, 6) is 1.77. The summed E-state index contributed by atoms with van der Waals surface area (Å²) in [6.45, 7) is 1.16. The molecule has 0 unspecified atom stereocenters. The highest BCUT2D eigenvalue weighted by Crippen LogP contribution is 2.52. The molecule has 3 aliphatic carbocycles. The van der Waals surface area contributed by atoms with Crippen molar-refractivity contribution in [1.82, 2.24) is 15.3 Å². The van der Waals surface area contributed by atoms with Crippen molar-refractivity contribution in [3.63, 3.8) is 0 Å². The van der Waals surface area contributed by atoms with E-state index in [0.29, 0.717) is 42.1 Å². The minimum absolute atomic E-state index is 0.0961. The molecule has 0 radical (unpaired) electrons. The van der Waals surface area contributed by atoms with Gasteiger partial charge >= 0.3 is 0 Å². The summed E-state index contributed by atoms with van der Waals surface area (Å²) in [5.41, 5.74) is 1.57. The molecule has 2 atom stereocenters. The van der Waals surface area contributed by atoms with Crippen molar-refractivity contribution in [1.29, 1.82) is 0 Å². The molecule has 6 rings (SSSR count). The summed E-state index contributed by atoms with van der Waals surface area (Å²) < 4.78 is 5.62. The van der Waals surface area contributed by atoms with Crippen molar-refractivity contribution in [3.8, 4) is 5.75 Å². The quantitative estimate of drug-likeness (QED) is 0.475. The van der Waals surface area contributed by atoms with Gasteiger partial charge in [0.2, 0.25) is 11.9 Å². The Morgan fingerprint density at radius 3 is 2.62 bits per heavy atom. The number of hydrogen-bond acceptors (Lipinski definition) is 8. The molecule has 1 aromatic carbocycles. The summed E-state index contributed by atoms with van der Waals surface area (Å²) >= 11 is 0. The molecular weight excluding hydrogens is 508 g/mol. The Bertz CT molecular complexity index is 1270. The van der Waals surface area contributed by atoms with E-state index < -0.39 is 0 Å². The summed E-state index contributed by atoms with van der Waals surface area (Å²) in [4.78, 5) is 39.8. The normalized spacial score (nSPS) is 24.0. The Hall–Kier alpha value is -3.40. The fourth-order valence-electron chi connectivity index (χ4n) is 6.66. The van der Waals surface area contributed by atoms with Crippen molar-refractivity contribution in [2.24, 2.45) is 11.3 Å². The number of aliphatic hydroxyl groups excluding tert-OH is 1. The molecule has 1 spiro atoms. The highest BCUT2D eigenvalue weighted by molar-refractivity contribution is 6.03. The first-order valence-corrected chi connectivity index (χ1v) is 14.7. The van der Waals surface area contributed by atoms with Crippen molar-refractivity contribution in [3.05, 3.63) is 30.0 Å². The molecule has 214 valence electrons. The summed E-state index contributed by atoms with van der Waals surface area (Å²) in [7, 11) is 3.40. The van der Waals surface area contributed by atoms with Gasteiger partial charge in [-0.2, -0.15) is 4.98 Å². The highest BCUT2D eigenvalue weighted by atomic mass is 16.5. The summed E-state index contributed by atoms with van der Waals surface area (Å²) in [6.07, 6.45) is 11.7. The van der Waals surface area contributed by atoms with Gasteiger partial charge in [0.15, 0.2) is 5.82 Å². The SMILES string of the molecule is COc1cc(C(=O)NC[C@@H]2CCCC[C@@H]2O)ccc1Nc1ncc2c(n1)N(C1CCCC1)CC1(CC1)C(=O)N2C. The zero-order chi connectivity index (χ0) is 27.9. The van der Waals surface area contributed by atoms with Crippen LogP contribution >= 0.6 is 0 Å². The molecule has 0 bridgehead atoms. The Labute approximate surface area is 235 Å². The molecule has 3 N–H and O–H groups in total. The first-order chi connectivity index (χ1) is 19.4. The monoisotopic (exact) mass is 548 g/mol. The van der Waals surface area contributed by atoms with Gasteiger partial charge in [-0.3, -0.25) is 9.59 Å². The molecule has 2 heterocycles. The number of carbonyl (C=O) groups excluding carboxylic acids is 2. The molecule has 2 aromatic rings. The van der Waals surface area contributed by atoms with Crippen LogP contribution in [0.15, 0.2) is 24.4 Å². The summed E-state index contributed by atoms with van der Waals surface area (Å²) in [5, 5.41) is 16.5. The van der Waals surface area contributed by atoms with E-state index in [1.54, 1.807) is 36.4 Å². The Morgan fingerprint density at radius 1 is 1.15 bits per heavy atom. The highest BCUT2D eigenvalue weighted by Gasteiger charge is 2.55. The van der Waals surface area contributed by atoms with Crippen LogP contribution in [0.5, 0.6) is 5.75 Å². The van der Waals surface area contributed by atoms with Gasteiger partial charge in [-0.05, 0) is 56.7 Å². The largest absolute Gasteiger partial charge is 0.495 e. The fraction of sp³-hybridized carbons (Fsp3) is 0.600. The predicted molar refractivity (Wildman–Crippen MR) is 153 cm³/mol. The van der Waals surface area contributed by atoms with Gasteiger partial charge in [-0.1, -0.05) is 25.7 Å². The van der Waals surface area contributed by atoms with Gasteiger partial charge in [0.05, 0.1) is 30.5 Å². The van der Waals surface area contributed by atoms with E-state index in [9.17, 15) is 14.7 Å². The molecule has 40 heavy (non-hydrogen) atoms. The number of carbonyl (C=O) groups is 2.